The number of sulfonamides is 1. The first-order chi connectivity index (χ1) is 12.0. The lowest BCUT2D eigenvalue weighted by Gasteiger charge is -2.25. The zero-order chi connectivity index (χ0) is 19.8. The monoisotopic (exact) mass is 512 g/mol. The zero-order valence-electron chi connectivity index (χ0n) is 16.3. The van der Waals surface area contributed by atoms with Crippen molar-refractivity contribution in [2.24, 2.45) is 4.99 Å². The van der Waals surface area contributed by atoms with Gasteiger partial charge >= 0.3 is 0 Å². The molecule has 0 radical (unpaired) electrons. The quantitative estimate of drug-likeness (QED) is 0.211. The van der Waals surface area contributed by atoms with Crippen LogP contribution in [0, 0.1) is 0 Å². The van der Waals surface area contributed by atoms with E-state index in [4.69, 9.17) is 0 Å². The van der Waals surface area contributed by atoms with E-state index in [1.807, 2.05) is 20.8 Å². The number of carbonyl (C=O) groups excluding carboxylic acids is 1. The first-order valence-corrected chi connectivity index (χ1v) is 9.66. The summed E-state index contributed by atoms with van der Waals surface area (Å²) in [5.41, 5.74) is -0.306. The van der Waals surface area contributed by atoms with E-state index in [0.29, 0.717) is 12.5 Å². The van der Waals surface area contributed by atoms with Gasteiger partial charge in [0.05, 0.1) is 6.54 Å². The highest BCUT2D eigenvalue weighted by Gasteiger charge is 2.17. The molecule has 27 heavy (non-hydrogen) atoms. The maximum absolute atomic E-state index is 12.1. The lowest BCUT2D eigenvalue weighted by atomic mass is 10.1. The molecule has 0 fully saturated rings. The van der Waals surface area contributed by atoms with E-state index in [1.54, 1.807) is 25.1 Å². The number of halogens is 1. The Bertz CT molecular complexity index is 719. The third kappa shape index (κ3) is 9.86. The zero-order valence-corrected chi connectivity index (χ0v) is 19.5. The molecule has 0 aliphatic carbocycles. The first-order valence-electron chi connectivity index (χ1n) is 8.17. The van der Waals surface area contributed by atoms with Gasteiger partial charge in [0.25, 0.3) is 0 Å². The second kappa shape index (κ2) is 11.4. The van der Waals surface area contributed by atoms with Crippen molar-refractivity contribution >= 4 is 45.9 Å². The normalized spacial score (nSPS) is 12.1. The molecule has 0 aromatic carbocycles. The number of pyridine rings is 1. The van der Waals surface area contributed by atoms with Crippen LogP contribution >= 0.6 is 24.0 Å². The fraction of sp³-hybridized carbons (Fsp3) is 0.562. The van der Waals surface area contributed by atoms with Crippen molar-refractivity contribution in [1.82, 2.24) is 25.2 Å². The molecule has 0 aliphatic rings. The highest BCUT2D eigenvalue weighted by Crippen LogP contribution is 2.04. The van der Waals surface area contributed by atoms with Gasteiger partial charge in [0.2, 0.25) is 15.9 Å². The fourth-order valence-electron chi connectivity index (χ4n) is 2.08. The summed E-state index contributed by atoms with van der Waals surface area (Å²) >= 11 is 0. The summed E-state index contributed by atoms with van der Waals surface area (Å²) in [4.78, 5) is 21.6. The summed E-state index contributed by atoms with van der Waals surface area (Å²) < 4.78 is 26.7. The van der Waals surface area contributed by atoms with Crippen LogP contribution < -0.4 is 15.4 Å². The van der Waals surface area contributed by atoms with E-state index in [9.17, 15) is 13.2 Å². The van der Waals surface area contributed by atoms with Gasteiger partial charge < -0.3 is 15.5 Å². The average Bonchev–Trinajstić information content (AvgIpc) is 2.53. The molecule has 9 nitrogen and oxygen atoms in total. The van der Waals surface area contributed by atoms with Crippen molar-refractivity contribution in [2.75, 3.05) is 33.7 Å². The summed E-state index contributed by atoms with van der Waals surface area (Å²) in [5, 5.41) is 5.89. The lowest BCUT2D eigenvalue weighted by molar-refractivity contribution is -0.122. The topological polar surface area (TPSA) is 116 Å². The molecule has 1 amide bonds. The van der Waals surface area contributed by atoms with Gasteiger partial charge in [-0.05, 0) is 32.9 Å². The molecular weight excluding hydrogens is 483 g/mol. The van der Waals surface area contributed by atoms with Crippen molar-refractivity contribution in [3.8, 4) is 0 Å². The van der Waals surface area contributed by atoms with E-state index in [0.717, 1.165) is 0 Å². The SMILES string of the molecule is CN=C(NCCNS(=O)(=O)c1cccnc1)N(C)CC(=O)NC(C)(C)C.I. The molecule has 11 heteroatoms. The molecule has 0 aliphatic heterocycles. The van der Waals surface area contributed by atoms with Crippen molar-refractivity contribution < 1.29 is 13.2 Å². The van der Waals surface area contributed by atoms with Gasteiger partial charge in [-0.3, -0.25) is 14.8 Å². The summed E-state index contributed by atoms with van der Waals surface area (Å²) in [5.74, 6) is 0.370. The molecule has 1 rings (SSSR count). The molecule has 0 unspecified atom stereocenters. The fourth-order valence-corrected chi connectivity index (χ4v) is 3.08. The van der Waals surface area contributed by atoms with Crippen LogP contribution in [0.5, 0.6) is 0 Å². The van der Waals surface area contributed by atoms with Crippen LogP contribution in [0.15, 0.2) is 34.4 Å². The van der Waals surface area contributed by atoms with Gasteiger partial charge in [0, 0.05) is 45.1 Å². The first kappa shape index (κ1) is 25.5. The van der Waals surface area contributed by atoms with Crippen LogP contribution in [0.1, 0.15) is 20.8 Å². The molecule has 154 valence electrons. The second-order valence-electron chi connectivity index (χ2n) is 6.71. The Morgan fingerprint density at radius 3 is 2.48 bits per heavy atom. The van der Waals surface area contributed by atoms with Crippen LogP contribution in [-0.4, -0.2) is 69.4 Å². The number of aromatic nitrogens is 1. The van der Waals surface area contributed by atoms with Crippen LogP contribution in [0.3, 0.4) is 0 Å². The lowest BCUT2D eigenvalue weighted by Crippen LogP contribution is -2.49. The van der Waals surface area contributed by atoms with E-state index in [1.165, 1.54) is 18.5 Å². The Hall–Kier alpha value is -1.47. The Morgan fingerprint density at radius 2 is 1.96 bits per heavy atom. The highest BCUT2D eigenvalue weighted by atomic mass is 127. The van der Waals surface area contributed by atoms with Crippen molar-refractivity contribution in [3.05, 3.63) is 24.5 Å². The van der Waals surface area contributed by atoms with Gasteiger partial charge in [0.15, 0.2) is 5.96 Å². The molecule has 0 bridgehead atoms. The third-order valence-corrected chi connectivity index (χ3v) is 4.56. The number of carbonyl (C=O) groups is 1. The number of rotatable bonds is 7. The molecule has 1 aromatic rings. The standard InChI is InChI=1S/C16H28N6O3S.HI/c1-16(2,3)21-14(23)12-22(5)15(17-4)19-9-10-20-26(24,25)13-7-6-8-18-11-13;/h6-8,11,20H,9-10,12H2,1-5H3,(H,17,19)(H,21,23);1H. The molecule has 3 N–H and O–H groups in total. The van der Waals surface area contributed by atoms with Crippen LogP contribution in [0.2, 0.25) is 0 Å². The van der Waals surface area contributed by atoms with Gasteiger partial charge in [0.1, 0.15) is 4.90 Å². The third-order valence-electron chi connectivity index (χ3n) is 3.11. The Kier molecular flexibility index (Phi) is 10.8. The number of hydrogen-bond donors (Lipinski definition) is 3. The molecule has 0 saturated heterocycles. The minimum Gasteiger partial charge on any atom is -0.355 e. The predicted molar refractivity (Wildman–Crippen MR) is 117 cm³/mol. The molecule has 0 saturated carbocycles. The molecule has 0 atom stereocenters. The van der Waals surface area contributed by atoms with Crippen molar-refractivity contribution in [1.29, 1.82) is 0 Å². The van der Waals surface area contributed by atoms with E-state index in [2.05, 4.69) is 25.3 Å². The van der Waals surface area contributed by atoms with E-state index in [-0.39, 0.29) is 53.4 Å². The molecule has 1 heterocycles. The largest absolute Gasteiger partial charge is 0.355 e. The van der Waals surface area contributed by atoms with E-state index >= 15 is 0 Å². The Balaban J connectivity index is 0.00000676. The number of guanidine groups is 1. The highest BCUT2D eigenvalue weighted by molar-refractivity contribution is 14.0. The van der Waals surface area contributed by atoms with Crippen molar-refractivity contribution in [2.45, 2.75) is 31.2 Å². The minimum atomic E-state index is -3.59. The number of amides is 1. The second-order valence-corrected chi connectivity index (χ2v) is 8.48. The predicted octanol–water partition coefficient (Wildman–Crippen LogP) is 0.400. The number of aliphatic imine (C=N–C) groups is 1. The number of hydrogen-bond acceptors (Lipinski definition) is 5. The van der Waals surface area contributed by atoms with Crippen molar-refractivity contribution in [3.63, 3.8) is 0 Å². The minimum absolute atomic E-state index is 0. The molecule has 0 spiro atoms. The summed E-state index contributed by atoms with van der Waals surface area (Å²) in [6.45, 7) is 6.35. The molecule has 1 aromatic heterocycles. The van der Waals surface area contributed by atoms with Gasteiger partial charge in [-0.25, -0.2) is 13.1 Å². The van der Waals surface area contributed by atoms with E-state index < -0.39 is 10.0 Å². The summed E-state index contributed by atoms with van der Waals surface area (Å²) in [6.07, 6.45) is 2.80. The number of nitrogens with one attached hydrogen (secondary N) is 3. The maximum atomic E-state index is 12.1. The molecular formula is C16H29IN6O3S. The van der Waals surface area contributed by atoms with Crippen LogP contribution in [0.25, 0.3) is 0 Å². The number of likely N-dealkylation sites (N-methyl/N-ethyl adjacent to an activating group) is 1. The Labute approximate surface area is 178 Å². The van der Waals surface area contributed by atoms with Gasteiger partial charge in [-0.1, -0.05) is 0 Å². The van der Waals surface area contributed by atoms with Crippen LogP contribution in [-0.2, 0) is 14.8 Å². The Morgan fingerprint density at radius 1 is 1.30 bits per heavy atom. The smallest absolute Gasteiger partial charge is 0.242 e. The van der Waals surface area contributed by atoms with Crippen LogP contribution in [0.4, 0.5) is 0 Å². The average molecular weight is 512 g/mol. The number of nitrogens with zero attached hydrogens (tertiary/aromatic N) is 3. The summed E-state index contributed by atoms with van der Waals surface area (Å²) in [6, 6.07) is 3.04. The maximum Gasteiger partial charge on any atom is 0.242 e. The summed E-state index contributed by atoms with van der Waals surface area (Å²) in [7, 11) is -0.264. The van der Waals surface area contributed by atoms with Gasteiger partial charge in [-0.15, -0.1) is 24.0 Å². The van der Waals surface area contributed by atoms with Gasteiger partial charge in [-0.2, -0.15) is 0 Å².